The van der Waals surface area contributed by atoms with Crippen LogP contribution in [0.4, 0.5) is 0 Å². The molecule has 0 saturated carbocycles. The molecule has 2 aromatic carbocycles. The molecule has 0 saturated heterocycles. The minimum absolute atomic E-state index is 0.00744. The van der Waals surface area contributed by atoms with Crippen molar-refractivity contribution in [3.05, 3.63) is 59.7 Å². The van der Waals surface area contributed by atoms with E-state index in [0.29, 0.717) is 17.1 Å². The number of ketones is 1. The van der Waals surface area contributed by atoms with Gasteiger partial charge in [-0.25, -0.2) is 0 Å². The molecule has 0 bridgehead atoms. The lowest BCUT2D eigenvalue weighted by Crippen LogP contribution is -2.12. The van der Waals surface area contributed by atoms with E-state index < -0.39 is 0 Å². The Balaban J connectivity index is 1.97. The van der Waals surface area contributed by atoms with Gasteiger partial charge in [0.15, 0.2) is 6.61 Å². The van der Waals surface area contributed by atoms with Gasteiger partial charge >= 0.3 is 0 Å². The Hall–Kier alpha value is -2.29. The fourth-order valence-electron chi connectivity index (χ4n) is 2.14. The van der Waals surface area contributed by atoms with Gasteiger partial charge in [-0.1, -0.05) is 37.6 Å². The van der Waals surface area contributed by atoms with Gasteiger partial charge in [0.1, 0.15) is 11.5 Å². The highest BCUT2D eigenvalue weighted by atomic mass is 16.5. The Bertz CT molecular complexity index is 588. The van der Waals surface area contributed by atoms with Crippen LogP contribution in [0, 0.1) is 0 Å². The van der Waals surface area contributed by atoms with E-state index in [1.807, 2.05) is 36.4 Å². The van der Waals surface area contributed by atoms with E-state index in [-0.39, 0.29) is 12.4 Å². The molecule has 0 aliphatic carbocycles. The molecule has 0 heterocycles. The molecule has 0 N–H and O–H groups in total. The Morgan fingerprint density at radius 3 is 2.43 bits per heavy atom. The van der Waals surface area contributed by atoms with Crippen molar-refractivity contribution in [3.8, 4) is 11.5 Å². The zero-order chi connectivity index (χ0) is 15.1. The molecule has 3 nitrogen and oxygen atoms in total. The fraction of sp³-hybridized carbons (Fsp3) is 0.278. The number of para-hydroxylation sites is 1. The summed E-state index contributed by atoms with van der Waals surface area (Å²) >= 11 is 0. The molecule has 0 aliphatic heterocycles. The fourth-order valence-corrected chi connectivity index (χ4v) is 2.14. The zero-order valence-corrected chi connectivity index (χ0v) is 12.5. The van der Waals surface area contributed by atoms with Crippen LogP contribution in [-0.4, -0.2) is 19.5 Å². The van der Waals surface area contributed by atoms with Gasteiger partial charge in [0.2, 0.25) is 5.78 Å². The maximum atomic E-state index is 12.2. The molecule has 21 heavy (non-hydrogen) atoms. The van der Waals surface area contributed by atoms with Gasteiger partial charge in [-0.15, -0.1) is 0 Å². The Morgan fingerprint density at radius 2 is 1.76 bits per heavy atom. The number of hydrogen-bond acceptors (Lipinski definition) is 3. The summed E-state index contributed by atoms with van der Waals surface area (Å²) in [7, 11) is 1.55. The van der Waals surface area contributed by atoms with Gasteiger partial charge in [-0.2, -0.15) is 0 Å². The zero-order valence-electron chi connectivity index (χ0n) is 12.5. The molecule has 0 amide bonds. The second-order valence-corrected chi connectivity index (χ2v) is 4.81. The molecule has 0 aliphatic rings. The summed E-state index contributed by atoms with van der Waals surface area (Å²) in [5.74, 6) is 1.19. The molecule has 0 radical (unpaired) electrons. The summed E-state index contributed by atoms with van der Waals surface area (Å²) in [6, 6.07) is 15.0. The van der Waals surface area contributed by atoms with Crippen LogP contribution in [0.5, 0.6) is 11.5 Å². The normalized spacial score (nSPS) is 10.2. The van der Waals surface area contributed by atoms with Crippen molar-refractivity contribution in [3.63, 3.8) is 0 Å². The number of hydrogen-bond donors (Lipinski definition) is 0. The first-order valence-corrected chi connectivity index (χ1v) is 7.12. The smallest absolute Gasteiger partial charge is 0.203 e. The molecular weight excluding hydrogens is 264 g/mol. The van der Waals surface area contributed by atoms with Crippen molar-refractivity contribution in [1.29, 1.82) is 0 Å². The molecule has 0 fully saturated rings. The van der Waals surface area contributed by atoms with E-state index in [2.05, 4.69) is 6.92 Å². The largest absolute Gasteiger partial charge is 0.496 e. The van der Waals surface area contributed by atoms with E-state index >= 15 is 0 Å². The lowest BCUT2D eigenvalue weighted by atomic mass is 10.1. The van der Waals surface area contributed by atoms with Gasteiger partial charge in [-0.3, -0.25) is 4.79 Å². The maximum Gasteiger partial charge on any atom is 0.203 e. The van der Waals surface area contributed by atoms with Gasteiger partial charge < -0.3 is 9.47 Å². The number of benzene rings is 2. The first-order valence-electron chi connectivity index (χ1n) is 7.12. The average Bonchev–Trinajstić information content (AvgIpc) is 2.54. The molecule has 0 unspecified atom stereocenters. The summed E-state index contributed by atoms with van der Waals surface area (Å²) in [6.07, 6.45) is 2.17. The molecule has 0 spiro atoms. The number of rotatable bonds is 7. The Labute approximate surface area is 125 Å². The van der Waals surface area contributed by atoms with Crippen LogP contribution in [0.15, 0.2) is 48.5 Å². The van der Waals surface area contributed by atoms with Crippen LogP contribution >= 0.6 is 0 Å². The van der Waals surface area contributed by atoms with Crippen molar-refractivity contribution in [2.24, 2.45) is 0 Å². The van der Waals surface area contributed by atoms with Crippen molar-refractivity contribution in [2.45, 2.75) is 19.8 Å². The molecule has 2 rings (SSSR count). The van der Waals surface area contributed by atoms with E-state index in [9.17, 15) is 4.79 Å². The minimum Gasteiger partial charge on any atom is -0.496 e. The SMILES string of the molecule is CCCc1ccc(OCC(=O)c2ccccc2OC)cc1. The first-order chi connectivity index (χ1) is 10.2. The third-order valence-corrected chi connectivity index (χ3v) is 3.24. The monoisotopic (exact) mass is 284 g/mol. The lowest BCUT2D eigenvalue weighted by Gasteiger charge is -2.09. The first kappa shape index (κ1) is 15.1. The maximum absolute atomic E-state index is 12.2. The van der Waals surface area contributed by atoms with Crippen molar-refractivity contribution in [2.75, 3.05) is 13.7 Å². The quantitative estimate of drug-likeness (QED) is 0.723. The van der Waals surface area contributed by atoms with E-state index in [4.69, 9.17) is 9.47 Å². The predicted octanol–water partition coefficient (Wildman–Crippen LogP) is 3.91. The van der Waals surface area contributed by atoms with Crippen molar-refractivity contribution < 1.29 is 14.3 Å². The van der Waals surface area contributed by atoms with E-state index in [0.717, 1.165) is 12.8 Å². The molecule has 2 aromatic rings. The minimum atomic E-state index is -0.0925. The average molecular weight is 284 g/mol. The number of aryl methyl sites for hydroxylation is 1. The third kappa shape index (κ3) is 4.09. The Morgan fingerprint density at radius 1 is 1.05 bits per heavy atom. The number of carbonyl (C=O) groups excluding carboxylic acids is 1. The summed E-state index contributed by atoms with van der Waals surface area (Å²) in [5.41, 5.74) is 1.82. The van der Waals surface area contributed by atoms with Crippen LogP contribution < -0.4 is 9.47 Å². The number of carbonyl (C=O) groups is 1. The highest BCUT2D eigenvalue weighted by Crippen LogP contribution is 2.19. The Kier molecular flexibility index (Phi) is 5.38. The second kappa shape index (κ2) is 7.48. The molecule has 3 heteroatoms. The molecule has 0 aromatic heterocycles. The topological polar surface area (TPSA) is 35.5 Å². The molecular formula is C18H20O3. The van der Waals surface area contributed by atoms with Crippen LogP contribution in [0.1, 0.15) is 29.3 Å². The van der Waals surface area contributed by atoms with Gasteiger partial charge in [0.25, 0.3) is 0 Å². The second-order valence-electron chi connectivity index (χ2n) is 4.81. The van der Waals surface area contributed by atoms with E-state index in [1.165, 1.54) is 5.56 Å². The number of Topliss-reactive ketones (excluding diaryl/α,β-unsaturated/α-hetero) is 1. The van der Waals surface area contributed by atoms with Crippen LogP contribution in [-0.2, 0) is 6.42 Å². The summed E-state index contributed by atoms with van der Waals surface area (Å²) in [4.78, 5) is 12.2. The number of ether oxygens (including phenoxy) is 2. The summed E-state index contributed by atoms with van der Waals surface area (Å²) in [6.45, 7) is 2.16. The van der Waals surface area contributed by atoms with Crippen LogP contribution in [0.3, 0.4) is 0 Å². The van der Waals surface area contributed by atoms with Crippen LogP contribution in [0.25, 0.3) is 0 Å². The van der Waals surface area contributed by atoms with Crippen molar-refractivity contribution in [1.82, 2.24) is 0 Å². The standard InChI is InChI=1S/C18H20O3/c1-3-6-14-9-11-15(12-10-14)21-13-17(19)16-7-4-5-8-18(16)20-2/h4-5,7-12H,3,6,13H2,1-2H3. The molecule has 0 atom stereocenters. The van der Waals surface area contributed by atoms with Gasteiger partial charge in [0, 0.05) is 0 Å². The van der Waals surface area contributed by atoms with Crippen molar-refractivity contribution >= 4 is 5.78 Å². The summed E-state index contributed by atoms with van der Waals surface area (Å²) < 4.78 is 10.7. The predicted molar refractivity (Wildman–Crippen MR) is 83.3 cm³/mol. The number of methoxy groups -OCH3 is 1. The van der Waals surface area contributed by atoms with Crippen LogP contribution in [0.2, 0.25) is 0 Å². The van der Waals surface area contributed by atoms with E-state index in [1.54, 1.807) is 19.2 Å². The van der Waals surface area contributed by atoms with Gasteiger partial charge in [-0.05, 0) is 36.2 Å². The third-order valence-electron chi connectivity index (χ3n) is 3.24. The lowest BCUT2D eigenvalue weighted by molar-refractivity contribution is 0.0918. The summed E-state index contributed by atoms with van der Waals surface area (Å²) in [5, 5.41) is 0. The highest BCUT2D eigenvalue weighted by Gasteiger charge is 2.12. The molecule has 110 valence electrons. The highest BCUT2D eigenvalue weighted by molar-refractivity contribution is 5.99. The van der Waals surface area contributed by atoms with Gasteiger partial charge in [0.05, 0.1) is 12.7 Å².